The van der Waals surface area contributed by atoms with Crippen LogP contribution in [0.4, 0.5) is 0 Å². The highest BCUT2D eigenvalue weighted by Crippen LogP contribution is 2.15. The molecule has 2 saturated heterocycles. The van der Waals surface area contributed by atoms with Gasteiger partial charge in [0.05, 0.1) is 6.61 Å². The van der Waals surface area contributed by atoms with Gasteiger partial charge in [-0.3, -0.25) is 4.79 Å². The van der Waals surface area contributed by atoms with E-state index in [1.807, 2.05) is 0 Å². The van der Waals surface area contributed by atoms with Gasteiger partial charge >= 0.3 is 5.97 Å². The van der Waals surface area contributed by atoms with Crippen LogP contribution in [0.25, 0.3) is 0 Å². The van der Waals surface area contributed by atoms with Gasteiger partial charge in [0.1, 0.15) is 0 Å². The summed E-state index contributed by atoms with van der Waals surface area (Å²) in [6.45, 7) is 1.72. The monoisotopic (exact) mass is 260 g/mol. The molecule has 2 N–H and O–H groups in total. The molecule has 0 aliphatic carbocycles. The van der Waals surface area contributed by atoms with Crippen LogP contribution >= 0.6 is 12.4 Å². The summed E-state index contributed by atoms with van der Waals surface area (Å²) < 4.78 is 4.81. The van der Waals surface area contributed by atoms with E-state index in [2.05, 4.69) is 0 Å². The zero-order chi connectivity index (χ0) is 11.5. The number of nitrogens with zero attached hydrogens (tertiary/aromatic N) is 1. The molecule has 5 nitrogen and oxygen atoms in total. The third-order valence-electron chi connectivity index (χ3n) is 2.88. The van der Waals surface area contributed by atoms with Gasteiger partial charge in [0, 0.05) is 37.5 Å². The third kappa shape index (κ3) is 3.44. The molecule has 0 radical (unpaired) electrons. The molecule has 0 aromatic rings. The van der Waals surface area contributed by atoms with Crippen molar-refractivity contribution in [1.29, 1.82) is 0 Å². The van der Waals surface area contributed by atoms with Crippen molar-refractivity contribution >= 4 is 24.3 Å². The first-order valence-electron chi connectivity index (χ1n) is 5.58. The van der Waals surface area contributed by atoms with Crippen LogP contribution in [0.3, 0.4) is 0 Å². The number of ether oxygens (including phenoxy) is 1. The molecular formula is C11H17ClN2O3. The maximum absolute atomic E-state index is 11.4. The van der Waals surface area contributed by atoms with Gasteiger partial charge in [-0.25, -0.2) is 4.79 Å². The number of esters is 1. The molecule has 6 heteroatoms. The molecule has 2 heterocycles. The fourth-order valence-corrected chi connectivity index (χ4v) is 2.06. The molecule has 0 bridgehead atoms. The summed E-state index contributed by atoms with van der Waals surface area (Å²) in [5, 5.41) is 0. The first kappa shape index (κ1) is 14.0. The maximum atomic E-state index is 11.4. The van der Waals surface area contributed by atoms with Crippen LogP contribution in [0.5, 0.6) is 0 Å². The highest BCUT2D eigenvalue weighted by molar-refractivity contribution is 5.90. The van der Waals surface area contributed by atoms with E-state index in [0.717, 1.165) is 13.0 Å². The molecule has 2 aliphatic heterocycles. The molecule has 2 fully saturated rings. The summed E-state index contributed by atoms with van der Waals surface area (Å²) in [4.78, 5) is 24.3. The number of amides is 1. The molecule has 0 spiro atoms. The van der Waals surface area contributed by atoms with Crippen molar-refractivity contribution < 1.29 is 14.3 Å². The van der Waals surface area contributed by atoms with E-state index < -0.39 is 0 Å². The van der Waals surface area contributed by atoms with E-state index in [1.165, 1.54) is 0 Å². The molecule has 17 heavy (non-hydrogen) atoms. The van der Waals surface area contributed by atoms with Gasteiger partial charge in [-0.2, -0.15) is 0 Å². The lowest BCUT2D eigenvalue weighted by molar-refractivity contribution is -0.135. The Balaban J connectivity index is 0.00000144. The molecule has 0 saturated carbocycles. The van der Waals surface area contributed by atoms with Gasteiger partial charge in [0.15, 0.2) is 0 Å². The van der Waals surface area contributed by atoms with E-state index in [0.29, 0.717) is 31.6 Å². The highest BCUT2D eigenvalue weighted by atomic mass is 35.5. The Morgan fingerprint density at radius 2 is 2.18 bits per heavy atom. The minimum atomic E-state index is -0.275. The summed E-state index contributed by atoms with van der Waals surface area (Å²) in [5.41, 5.74) is 6.52. The second-order valence-corrected chi connectivity index (χ2v) is 4.18. The highest BCUT2D eigenvalue weighted by Gasteiger charge is 2.23. The van der Waals surface area contributed by atoms with Crippen molar-refractivity contribution in [1.82, 2.24) is 4.90 Å². The molecular weight excluding hydrogens is 244 g/mol. The number of cyclic esters (lactones) is 1. The Bertz CT molecular complexity index is 344. The largest absolute Gasteiger partial charge is 0.462 e. The number of hydrogen-bond acceptors (Lipinski definition) is 4. The van der Waals surface area contributed by atoms with Crippen LogP contribution in [-0.4, -0.2) is 42.5 Å². The minimum Gasteiger partial charge on any atom is -0.462 e. The average molecular weight is 261 g/mol. The summed E-state index contributed by atoms with van der Waals surface area (Å²) >= 11 is 0. The maximum Gasteiger partial charge on any atom is 0.333 e. The topological polar surface area (TPSA) is 72.6 Å². The van der Waals surface area contributed by atoms with Crippen LogP contribution in [0, 0.1) is 0 Å². The van der Waals surface area contributed by atoms with Crippen molar-refractivity contribution in [2.24, 2.45) is 5.73 Å². The van der Waals surface area contributed by atoms with Crippen molar-refractivity contribution in [3.05, 3.63) is 11.6 Å². The van der Waals surface area contributed by atoms with Crippen LogP contribution in [0.2, 0.25) is 0 Å². The standard InChI is InChI=1S/C11H16N2O3.ClH/c12-9(6-8-3-5-16-11(8)15)7-13-4-1-2-10(13)14;/h6,9H,1-5,7,12H2;1H/t9-;/m0./s1. The predicted molar refractivity (Wildman–Crippen MR) is 64.7 cm³/mol. The zero-order valence-corrected chi connectivity index (χ0v) is 10.4. The minimum absolute atomic E-state index is 0. The first-order valence-corrected chi connectivity index (χ1v) is 5.58. The van der Waals surface area contributed by atoms with Gasteiger partial charge in [0.2, 0.25) is 5.91 Å². The predicted octanol–water partition coefficient (Wildman–Crippen LogP) is 0.231. The van der Waals surface area contributed by atoms with E-state index in [4.69, 9.17) is 10.5 Å². The second-order valence-electron chi connectivity index (χ2n) is 4.18. The quantitative estimate of drug-likeness (QED) is 0.582. The summed E-state index contributed by atoms with van der Waals surface area (Å²) in [6.07, 6.45) is 3.87. The first-order chi connectivity index (χ1) is 7.66. The molecule has 0 aromatic carbocycles. The van der Waals surface area contributed by atoms with Crippen LogP contribution in [0.1, 0.15) is 19.3 Å². The lowest BCUT2D eigenvalue weighted by Crippen LogP contribution is -2.37. The Morgan fingerprint density at radius 1 is 1.41 bits per heavy atom. The Labute approximate surface area is 106 Å². The number of halogens is 1. The molecule has 0 aromatic heterocycles. The van der Waals surface area contributed by atoms with Crippen molar-refractivity contribution in [3.8, 4) is 0 Å². The van der Waals surface area contributed by atoms with E-state index >= 15 is 0 Å². The number of likely N-dealkylation sites (tertiary alicyclic amines) is 1. The number of hydrogen-bond donors (Lipinski definition) is 1. The van der Waals surface area contributed by atoms with Gasteiger partial charge in [-0.1, -0.05) is 6.08 Å². The lowest BCUT2D eigenvalue weighted by atomic mass is 10.1. The molecule has 2 rings (SSSR count). The third-order valence-corrected chi connectivity index (χ3v) is 2.88. The SMILES string of the molecule is Cl.N[C@@H](C=C1CCOC1=O)CN1CCCC1=O. The van der Waals surface area contributed by atoms with Gasteiger partial charge in [-0.05, 0) is 6.42 Å². The molecule has 96 valence electrons. The summed E-state index contributed by atoms with van der Waals surface area (Å²) in [7, 11) is 0. The average Bonchev–Trinajstić information content (AvgIpc) is 2.79. The lowest BCUT2D eigenvalue weighted by Gasteiger charge is -2.18. The molecule has 2 aliphatic rings. The number of rotatable bonds is 3. The normalized spacial score (nSPS) is 23.8. The van der Waals surface area contributed by atoms with Gasteiger partial charge < -0.3 is 15.4 Å². The Hall–Kier alpha value is -1.07. The molecule has 1 amide bonds. The van der Waals surface area contributed by atoms with Crippen molar-refractivity contribution in [2.45, 2.75) is 25.3 Å². The molecule has 0 unspecified atom stereocenters. The fourth-order valence-electron chi connectivity index (χ4n) is 2.06. The Kier molecular flexibility index (Phi) is 4.96. The summed E-state index contributed by atoms with van der Waals surface area (Å²) in [5.74, 6) is -0.119. The smallest absolute Gasteiger partial charge is 0.333 e. The van der Waals surface area contributed by atoms with Crippen LogP contribution in [-0.2, 0) is 14.3 Å². The van der Waals surface area contributed by atoms with E-state index in [-0.39, 0.29) is 30.3 Å². The summed E-state index contributed by atoms with van der Waals surface area (Å²) in [6, 6.07) is -0.275. The van der Waals surface area contributed by atoms with Crippen LogP contribution < -0.4 is 5.73 Å². The zero-order valence-electron chi connectivity index (χ0n) is 9.55. The Morgan fingerprint density at radius 3 is 2.71 bits per heavy atom. The van der Waals surface area contributed by atoms with Crippen molar-refractivity contribution in [2.75, 3.05) is 19.7 Å². The number of carbonyl (C=O) groups excluding carboxylic acids is 2. The van der Waals surface area contributed by atoms with E-state index in [1.54, 1.807) is 11.0 Å². The van der Waals surface area contributed by atoms with Gasteiger partial charge in [0.25, 0.3) is 0 Å². The van der Waals surface area contributed by atoms with Crippen molar-refractivity contribution in [3.63, 3.8) is 0 Å². The van der Waals surface area contributed by atoms with Crippen LogP contribution in [0.15, 0.2) is 11.6 Å². The van der Waals surface area contributed by atoms with E-state index in [9.17, 15) is 9.59 Å². The fraction of sp³-hybridized carbons (Fsp3) is 0.636. The number of carbonyl (C=O) groups is 2. The van der Waals surface area contributed by atoms with Gasteiger partial charge in [-0.15, -0.1) is 12.4 Å². The second kappa shape index (κ2) is 6.02. The molecule has 1 atom stereocenters. The number of nitrogens with two attached hydrogens (primary N) is 1.